The van der Waals surface area contributed by atoms with E-state index in [0.717, 1.165) is 21.5 Å². The third-order valence-corrected chi connectivity index (χ3v) is 3.71. The van der Waals surface area contributed by atoms with Gasteiger partial charge in [0.05, 0.1) is 0 Å². The second-order valence-corrected chi connectivity index (χ2v) is 5.14. The van der Waals surface area contributed by atoms with Crippen LogP contribution in [-0.2, 0) is 0 Å². The molecule has 20 heavy (non-hydrogen) atoms. The fourth-order valence-corrected chi connectivity index (χ4v) is 2.72. The monoisotopic (exact) mass is 302 g/mol. The molecule has 0 atom stereocenters. The van der Waals surface area contributed by atoms with Gasteiger partial charge >= 0.3 is 0 Å². The van der Waals surface area contributed by atoms with E-state index >= 15 is 0 Å². The van der Waals surface area contributed by atoms with E-state index in [1.165, 1.54) is 0 Å². The maximum absolute atomic E-state index is 11.5. The van der Waals surface area contributed by atoms with Gasteiger partial charge in [0.1, 0.15) is 0 Å². The summed E-state index contributed by atoms with van der Waals surface area (Å²) < 4.78 is 0. The fraction of sp³-hybridized carbons (Fsp3) is 0. The van der Waals surface area contributed by atoms with Crippen LogP contribution in [0.2, 0.25) is 0 Å². The zero-order valence-corrected chi connectivity index (χ0v) is 11.7. The summed E-state index contributed by atoms with van der Waals surface area (Å²) >= 11 is 11.2. The normalized spacial score (nSPS) is 10.9. The van der Waals surface area contributed by atoms with E-state index in [1.54, 1.807) is 24.3 Å². The lowest BCUT2D eigenvalue weighted by molar-refractivity contribution is 0.107. The minimum absolute atomic E-state index is 0.452. The van der Waals surface area contributed by atoms with Gasteiger partial charge < -0.3 is 0 Å². The number of benzene rings is 3. The maximum atomic E-state index is 11.5. The van der Waals surface area contributed by atoms with E-state index in [1.807, 2.05) is 24.3 Å². The van der Waals surface area contributed by atoms with Crippen molar-refractivity contribution in [1.29, 1.82) is 0 Å². The molecular weight excluding hydrogens is 295 g/mol. The first-order chi connectivity index (χ1) is 9.58. The minimum Gasteiger partial charge on any atom is -0.276 e. The lowest BCUT2D eigenvalue weighted by Crippen LogP contribution is -1.93. The molecule has 0 aromatic heterocycles. The molecule has 0 aliphatic heterocycles. The zero-order chi connectivity index (χ0) is 14.3. The van der Waals surface area contributed by atoms with Gasteiger partial charge in [0.2, 0.25) is 0 Å². The van der Waals surface area contributed by atoms with Crippen molar-refractivity contribution in [2.24, 2.45) is 0 Å². The smallest absolute Gasteiger partial charge is 0.253 e. The molecule has 0 saturated carbocycles. The summed E-state index contributed by atoms with van der Waals surface area (Å²) in [6.07, 6.45) is 0. The molecule has 3 aromatic rings. The standard InChI is InChI=1S/C16H8Cl2O2/c17-15(19)11-5-1-3-9-7-14-10(8-13(9)11)4-2-6-12(14)16(18)20/h1-8H. The van der Waals surface area contributed by atoms with Gasteiger partial charge in [-0.2, -0.15) is 0 Å². The molecular formula is C16H8Cl2O2. The number of hydrogen-bond acceptors (Lipinski definition) is 2. The van der Waals surface area contributed by atoms with Crippen LogP contribution in [0.3, 0.4) is 0 Å². The number of carbonyl (C=O) groups is 2. The van der Waals surface area contributed by atoms with Gasteiger partial charge in [-0.05, 0) is 69.0 Å². The van der Waals surface area contributed by atoms with Gasteiger partial charge in [0.15, 0.2) is 0 Å². The number of hydrogen-bond donors (Lipinski definition) is 0. The molecule has 0 amide bonds. The number of halogens is 2. The quantitative estimate of drug-likeness (QED) is 0.505. The van der Waals surface area contributed by atoms with E-state index in [2.05, 4.69) is 0 Å². The second-order valence-electron chi connectivity index (χ2n) is 4.45. The molecule has 98 valence electrons. The highest BCUT2D eigenvalue weighted by Crippen LogP contribution is 2.29. The molecule has 0 aliphatic carbocycles. The fourth-order valence-electron chi connectivity index (χ4n) is 2.39. The molecule has 0 radical (unpaired) electrons. The van der Waals surface area contributed by atoms with Crippen molar-refractivity contribution in [3.05, 3.63) is 59.7 Å². The van der Waals surface area contributed by atoms with Crippen LogP contribution in [0.4, 0.5) is 0 Å². The van der Waals surface area contributed by atoms with Crippen molar-refractivity contribution >= 4 is 55.2 Å². The van der Waals surface area contributed by atoms with Crippen LogP contribution < -0.4 is 0 Å². The van der Waals surface area contributed by atoms with Gasteiger partial charge in [-0.3, -0.25) is 9.59 Å². The van der Waals surface area contributed by atoms with Crippen LogP contribution in [-0.4, -0.2) is 10.5 Å². The molecule has 0 aliphatic rings. The largest absolute Gasteiger partial charge is 0.276 e. The van der Waals surface area contributed by atoms with Gasteiger partial charge in [-0.25, -0.2) is 0 Å². The first-order valence-corrected chi connectivity index (χ1v) is 6.68. The molecule has 0 bridgehead atoms. The topological polar surface area (TPSA) is 34.1 Å². The van der Waals surface area contributed by atoms with Gasteiger partial charge in [-0.15, -0.1) is 0 Å². The molecule has 2 nitrogen and oxygen atoms in total. The van der Waals surface area contributed by atoms with Gasteiger partial charge in [0, 0.05) is 11.1 Å². The van der Waals surface area contributed by atoms with E-state index in [0.29, 0.717) is 11.1 Å². The van der Waals surface area contributed by atoms with Crippen LogP contribution in [0, 0.1) is 0 Å². The number of rotatable bonds is 2. The Morgan fingerprint density at radius 1 is 0.700 bits per heavy atom. The summed E-state index contributed by atoms with van der Waals surface area (Å²) in [5.74, 6) is 0. The van der Waals surface area contributed by atoms with Crippen molar-refractivity contribution in [3.63, 3.8) is 0 Å². The van der Waals surface area contributed by atoms with Crippen molar-refractivity contribution in [2.75, 3.05) is 0 Å². The predicted molar refractivity (Wildman–Crippen MR) is 81.8 cm³/mol. The summed E-state index contributed by atoms with van der Waals surface area (Å²) in [5, 5.41) is 2.21. The van der Waals surface area contributed by atoms with E-state index in [-0.39, 0.29) is 0 Å². The molecule has 0 unspecified atom stereocenters. The first-order valence-electron chi connectivity index (χ1n) is 5.93. The van der Waals surface area contributed by atoms with Crippen LogP contribution in [0.25, 0.3) is 21.5 Å². The average molecular weight is 303 g/mol. The van der Waals surface area contributed by atoms with Crippen molar-refractivity contribution in [2.45, 2.75) is 0 Å². The Kier molecular flexibility index (Phi) is 3.20. The van der Waals surface area contributed by atoms with Crippen LogP contribution in [0.1, 0.15) is 20.7 Å². The average Bonchev–Trinajstić information content (AvgIpc) is 2.43. The molecule has 0 saturated heterocycles. The van der Waals surface area contributed by atoms with Crippen molar-refractivity contribution in [3.8, 4) is 0 Å². The summed E-state index contributed by atoms with van der Waals surface area (Å²) in [6.45, 7) is 0. The third-order valence-electron chi connectivity index (χ3n) is 3.30. The highest BCUT2D eigenvalue weighted by molar-refractivity contribution is 6.69. The molecule has 0 spiro atoms. The highest BCUT2D eigenvalue weighted by atomic mass is 35.5. The van der Waals surface area contributed by atoms with Gasteiger partial charge in [0.25, 0.3) is 10.5 Å². The minimum atomic E-state index is -0.500. The zero-order valence-electron chi connectivity index (χ0n) is 10.2. The lowest BCUT2D eigenvalue weighted by Gasteiger charge is -2.07. The Morgan fingerprint density at radius 3 is 1.45 bits per heavy atom. The molecule has 0 N–H and O–H groups in total. The third kappa shape index (κ3) is 2.07. The lowest BCUT2D eigenvalue weighted by atomic mass is 9.98. The summed E-state index contributed by atoms with van der Waals surface area (Å²) in [4.78, 5) is 22.9. The van der Waals surface area contributed by atoms with E-state index < -0.39 is 10.5 Å². The molecule has 3 aromatic carbocycles. The summed E-state index contributed by atoms with van der Waals surface area (Å²) in [7, 11) is 0. The first kappa shape index (κ1) is 13.1. The number of fused-ring (bicyclic) bond motifs is 2. The highest BCUT2D eigenvalue weighted by Gasteiger charge is 2.11. The molecule has 3 rings (SSSR count). The predicted octanol–water partition coefficient (Wildman–Crippen LogP) is 4.75. The summed E-state index contributed by atoms with van der Waals surface area (Å²) in [6, 6.07) is 14.3. The Labute approximate surface area is 124 Å². The molecule has 4 heteroatoms. The maximum Gasteiger partial charge on any atom is 0.253 e. The van der Waals surface area contributed by atoms with Crippen LogP contribution >= 0.6 is 23.2 Å². The van der Waals surface area contributed by atoms with Gasteiger partial charge in [-0.1, -0.05) is 24.3 Å². The number of carbonyl (C=O) groups excluding carboxylic acids is 2. The SMILES string of the molecule is O=C(Cl)c1cccc2cc3c(C(=O)Cl)cccc3cc12. The van der Waals surface area contributed by atoms with E-state index in [4.69, 9.17) is 23.2 Å². The second kappa shape index (κ2) is 4.89. The Hall–Kier alpha value is -1.90. The molecule has 0 fully saturated rings. The van der Waals surface area contributed by atoms with Crippen LogP contribution in [0.15, 0.2) is 48.5 Å². The van der Waals surface area contributed by atoms with Crippen LogP contribution in [0.5, 0.6) is 0 Å². The van der Waals surface area contributed by atoms with E-state index in [9.17, 15) is 9.59 Å². The summed E-state index contributed by atoms with van der Waals surface area (Å²) in [5.41, 5.74) is 0.905. The molecule has 0 heterocycles. The Morgan fingerprint density at radius 2 is 1.10 bits per heavy atom. The Bertz CT molecular complexity index is 795. The van der Waals surface area contributed by atoms with Crippen molar-refractivity contribution < 1.29 is 9.59 Å². The Balaban J connectivity index is 2.46. The van der Waals surface area contributed by atoms with Crippen molar-refractivity contribution in [1.82, 2.24) is 0 Å².